The van der Waals surface area contributed by atoms with E-state index < -0.39 is 0 Å². The zero-order valence-corrected chi connectivity index (χ0v) is 31.4. The summed E-state index contributed by atoms with van der Waals surface area (Å²) < 4.78 is 0. The van der Waals surface area contributed by atoms with Crippen LogP contribution in [0.3, 0.4) is 0 Å². The van der Waals surface area contributed by atoms with E-state index >= 15 is 0 Å². The van der Waals surface area contributed by atoms with Crippen LogP contribution in [0.25, 0.3) is 39.3 Å². The Bertz CT molecular complexity index is 1380. The molecule has 0 aromatic carbocycles. The van der Waals surface area contributed by atoms with Crippen LogP contribution >= 0.6 is 56.7 Å². The second kappa shape index (κ2) is 19.2. The Morgan fingerprint density at radius 2 is 0.867 bits per heavy atom. The topological polar surface area (TPSA) is 25.8 Å². The number of rotatable bonds is 22. The van der Waals surface area contributed by atoms with Crippen LogP contribution in [0.1, 0.15) is 128 Å². The van der Waals surface area contributed by atoms with E-state index in [-0.39, 0.29) is 0 Å². The molecule has 0 N–H and O–H groups in total. The summed E-state index contributed by atoms with van der Waals surface area (Å²) in [6, 6.07) is 13.7. The molecule has 0 atom stereocenters. The zero-order valence-electron chi connectivity index (χ0n) is 27.3. The van der Waals surface area contributed by atoms with Gasteiger partial charge in [-0.25, -0.2) is 0 Å². The third-order valence-corrected chi connectivity index (χ3v) is 14.3. The third kappa shape index (κ3) is 10.4. The quantitative estimate of drug-likeness (QED) is 0.0674. The van der Waals surface area contributed by atoms with E-state index in [9.17, 15) is 0 Å². The summed E-state index contributed by atoms with van der Waals surface area (Å²) in [7, 11) is 0. The zero-order chi connectivity index (χ0) is 31.1. The maximum atomic E-state index is 4.75. The van der Waals surface area contributed by atoms with Gasteiger partial charge in [-0.15, -0.1) is 55.5 Å². The maximum absolute atomic E-state index is 4.75. The smallest absolute Gasteiger partial charge is 0.143 e. The SMILES string of the molecule is CCCCCCCCCCc1cc(-c2nnc(-c3cc(CCCCCCCCCC)c(-c4cccs4)s3)s2)sc1-c1cccs1. The Labute approximate surface area is 292 Å². The maximum Gasteiger partial charge on any atom is 0.158 e. The van der Waals surface area contributed by atoms with Crippen molar-refractivity contribution in [2.45, 2.75) is 129 Å². The third-order valence-electron chi connectivity index (χ3n) is 8.55. The fourth-order valence-electron chi connectivity index (χ4n) is 5.99. The second-order valence-electron chi connectivity index (χ2n) is 12.2. The number of hydrogen-bond donors (Lipinski definition) is 0. The molecule has 0 saturated heterocycles. The molecule has 45 heavy (non-hydrogen) atoms. The first-order valence-corrected chi connectivity index (χ1v) is 21.6. The van der Waals surface area contributed by atoms with Crippen molar-refractivity contribution >= 4 is 56.7 Å². The fourth-order valence-corrected chi connectivity index (χ4v) is 11.1. The number of aryl methyl sites for hydroxylation is 2. The molecule has 0 bridgehead atoms. The van der Waals surface area contributed by atoms with Crippen molar-refractivity contribution in [2.75, 3.05) is 0 Å². The van der Waals surface area contributed by atoms with Gasteiger partial charge < -0.3 is 0 Å². The van der Waals surface area contributed by atoms with Gasteiger partial charge in [0.25, 0.3) is 0 Å². The molecule has 0 fully saturated rings. The Balaban J connectivity index is 1.25. The molecule has 5 aromatic rings. The lowest BCUT2D eigenvalue weighted by Crippen LogP contribution is -1.86. The minimum absolute atomic E-state index is 1.06. The van der Waals surface area contributed by atoms with Crippen molar-refractivity contribution in [3.8, 4) is 39.3 Å². The van der Waals surface area contributed by atoms with Crippen LogP contribution in [0.4, 0.5) is 0 Å². The predicted molar refractivity (Wildman–Crippen MR) is 206 cm³/mol. The number of thiophene rings is 4. The molecule has 5 heterocycles. The minimum Gasteiger partial charge on any atom is -0.143 e. The van der Waals surface area contributed by atoms with Crippen LogP contribution in [0.15, 0.2) is 47.2 Å². The average Bonchev–Trinajstić information content (AvgIpc) is 3.89. The normalized spacial score (nSPS) is 11.6. The van der Waals surface area contributed by atoms with Crippen LogP contribution < -0.4 is 0 Å². The van der Waals surface area contributed by atoms with Crippen molar-refractivity contribution in [1.29, 1.82) is 0 Å². The standard InChI is InChI=1S/C38H50N2S5/c1-3-5-7-9-11-13-15-17-21-29-27-33(43-35(29)31-23-19-25-41-31)37-39-40-38(45-37)34-28-30(36(44-34)32-24-20-26-42-32)22-18-16-14-12-10-8-6-4-2/h19-20,23-28H,3-18,21-22H2,1-2H3. The summed E-state index contributed by atoms with van der Waals surface area (Å²) >= 11 is 9.29. The first kappa shape index (κ1) is 34.7. The Hall–Kier alpha value is -1.64. The molecule has 0 radical (unpaired) electrons. The molecule has 242 valence electrons. The van der Waals surface area contributed by atoms with E-state index in [1.807, 2.05) is 45.3 Å². The molecule has 7 heteroatoms. The molecule has 0 unspecified atom stereocenters. The lowest BCUT2D eigenvalue weighted by Gasteiger charge is -2.03. The Morgan fingerprint density at radius 3 is 1.24 bits per heavy atom. The van der Waals surface area contributed by atoms with Gasteiger partial charge in [0.15, 0.2) is 10.0 Å². The van der Waals surface area contributed by atoms with E-state index in [2.05, 4.69) is 61.0 Å². The summed E-state index contributed by atoms with van der Waals surface area (Å²) in [4.78, 5) is 8.17. The van der Waals surface area contributed by atoms with Gasteiger partial charge in [-0.05, 0) is 71.8 Å². The molecule has 5 rings (SSSR count). The summed E-state index contributed by atoms with van der Waals surface area (Å²) in [5, 5.41) is 16.0. The highest BCUT2D eigenvalue weighted by atomic mass is 32.1. The predicted octanol–water partition coefficient (Wildman–Crippen LogP) is 14.8. The molecule has 0 aliphatic carbocycles. The highest BCUT2D eigenvalue weighted by Gasteiger charge is 2.19. The van der Waals surface area contributed by atoms with Gasteiger partial charge in [0.2, 0.25) is 0 Å². The first-order valence-electron chi connectivity index (χ1n) is 17.4. The first-order chi connectivity index (χ1) is 22.3. The van der Waals surface area contributed by atoms with E-state index in [1.54, 1.807) is 11.3 Å². The molecule has 0 saturated carbocycles. The number of aromatic nitrogens is 2. The summed E-state index contributed by atoms with van der Waals surface area (Å²) in [6.45, 7) is 4.59. The van der Waals surface area contributed by atoms with Crippen LogP contribution in [-0.2, 0) is 12.8 Å². The molecule has 0 amide bonds. The molecule has 0 aliphatic heterocycles. The lowest BCUT2D eigenvalue weighted by atomic mass is 10.0. The lowest BCUT2D eigenvalue weighted by molar-refractivity contribution is 0.576. The minimum atomic E-state index is 1.06. The number of hydrogen-bond acceptors (Lipinski definition) is 7. The highest BCUT2D eigenvalue weighted by molar-refractivity contribution is 7.29. The van der Waals surface area contributed by atoms with Gasteiger partial charge in [-0.3, -0.25) is 0 Å². The van der Waals surface area contributed by atoms with E-state index in [4.69, 9.17) is 10.2 Å². The summed E-state index contributed by atoms with van der Waals surface area (Å²) in [6.07, 6.45) is 24.0. The molecule has 5 aromatic heterocycles. The van der Waals surface area contributed by atoms with Crippen molar-refractivity contribution < 1.29 is 0 Å². The second-order valence-corrected chi connectivity index (χ2v) is 17.2. The summed E-state index contributed by atoms with van der Waals surface area (Å²) in [5.41, 5.74) is 2.98. The van der Waals surface area contributed by atoms with Crippen molar-refractivity contribution in [3.63, 3.8) is 0 Å². The highest BCUT2D eigenvalue weighted by Crippen LogP contribution is 2.45. The monoisotopic (exact) mass is 694 g/mol. The number of unbranched alkanes of at least 4 members (excludes halogenated alkanes) is 14. The van der Waals surface area contributed by atoms with E-state index in [0.717, 1.165) is 22.9 Å². The van der Waals surface area contributed by atoms with Gasteiger partial charge in [0, 0.05) is 19.5 Å². The van der Waals surface area contributed by atoms with Crippen molar-refractivity contribution in [1.82, 2.24) is 10.2 Å². The van der Waals surface area contributed by atoms with Gasteiger partial charge in [-0.2, -0.15) is 0 Å². The van der Waals surface area contributed by atoms with Crippen LogP contribution in [-0.4, -0.2) is 10.2 Å². The van der Waals surface area contributed by atoms with Gasteiger partial charge in [-0.1, -0.05) is 127 Å². The molecular formula is C38H50N2S5. The van der Waals surface area contributed by atoms with Gasteiger partial charge in [0.05, 0.1) is 9.75 Å². The van der Waals surface area contributed by atoms with E-state index in [0.29, 0.717) is 0 Å². The average molecular weight is 695 g/mol. The fraction of sp³-hybridized carbons (Fsp3) is 0.526. The molecule has 0 aliphatic rings. The van der Waals surface area contributed by atoms with Crippen molar-refractivity contribution in [3.05, 3.63) is 58.3 Å². The molecule has 2 nitrogen and oxygen atoms in total. The van der Waals surface area contributed by atoms with Crippen LogP contribution in [0, 0.1) is 0 Å². The Morgan fingerprint density at radius 1 is 0.467 bits per heavy atom. The van der Waals surface area contributed by atoms with Gasteiger partial charge >= 0.3 is 0 Å². The van der Waals surface area contributed by atoms with Gasteiger partial charge in [0.1, 0.15) is 0 Å². The largest absolute Gasteiger partial charge is 0.158 e. The summed E-state index contributed by atoms with van der Waals surface area (Å²) in [5.74, 6) is 0. The van der Waals surface area contributed by atoms with Crippen molar-refractivity contribution in [2.24, 2.45) is 0 Å². The molecule has 0 spiro atoms. The van der Waals surface area contributed by atoms with Crippen LogP contribution in [0.5, 0.6) is 0 Å². The Kier molecular flexibility index (Phi) is 14.8. The van der Waals surface area contributed by atoms with E-state index in [1.165, 1.54) is 143 Å². The molecular weight excluding hydrogens is 645 g/mol. The van der Waals surface area contributed by atoms with Crippen LogP contribution in [0.2, 0.25) is 0 Å². The number of nitrogens with zero attached hydrogens (tertiary/aromatic N) is 2.